The quantitative estimate of drug-likeness (QED) is 0.343. The largest absolute Gasteiger partial charge is 0.444 e. The Morgan fingerprint density at radius 2 is 1.78 bits per heavy atom. The number of anilines is 1. The van der Waals surface area contributed by atoms with E-state index in [0.717, 1.165) is 43.5 Å². The summed E-state index contributed by atoms with van der Waals surface area (Å²) in [7, 11) is 0. The van der Waals surface area contributed by atoms with Crippen LogP contribution in [0.15, 0.2) is 53.5 Å². The molecule has 8 heteroatoms. The van der Waals surface area contributed by atoms with Gasteiger partial charge in [0.05, 0.1) is 11.9 Å². The number of carbonyl (C=O) groups excluding carboxylic acids is 1. The molecule has 1 saturated heterocycles. The van der Waals surface area contributed by atoms with Gasteiger partial charge in [0.1, 0.15) is 5.60 Å². The van der Waals surface area contributed by atoms with E-state index >= 15 is 0 Å². The first-order valence-electron chi connectivity index (χ1n) is 13.1. The van der Waals surface area contributed by atoms with Crippen LogP contribution < -0.4 is 4.90 Å². The molecule has 0 aromatic carbocycles. The van der Waals surface area contributed by atoms with Gasteiger partial charge >= 0.3 is 12.3 Å². The number of rotatable bonds is 7. The molecule has 0 unspecified atom stereocenters. The predicted octanol–water partition coefficient (Wildman–Crippen LogP) is 7.91. The summed E-state index contributed by atoms with van der Waals surface area (Å²) in [5.74, 6) is 0.437. The van der Waals surface area contributed by atoms with Crippen molar-refractivity contribution in [2.45, 2.75) is 97.4 Å². The van der Waals surface area contributed by atoms with Gasteiger partial charge < -0.3 is 14.5 Å². The number of piperidine rings is 1. The number of carbonyl (C=O) groups is 1. The van der Waals surface area contributed by atoms with Crippen molar-refractivity contribution in [3.63, 3.8) is 0 Å². The zero-order valence-corrected chi connectivity index (χ0v) is 22.9. The Kier molecular flexibility index (Phi) is 9.13. The Morgan fingerprint density at radius 1 is 1.14 bits per heavy atom. The number of alkyl halides is 3. The SMILES string of the molecule is CC/C(C)=C/C(=C\C=C(/C)C(F)(F)F)N(c1cnccc1C1CC1)C1CCN(C(=O)OC(C)(C)C)CC1. The van der Waals surface area contributed by atoms with Crippen molar-refractivity contribution in [1.29, 1.82) is 0 Å². The summed E-state index contributed by atoms with van der Waals surface area (Å²) >= 11 is 0. The van der Waals surface area contributed by atoms with E-state index in [4.69, 9.17) is 4.74 Å². The summed E-state index contributed by atoms with van der Waals surface area (Å²) in [5, 5.41) is 0. The van der Waals surface area contributed by atoms with Gasteiger partial charge in [-0.15, -0.1) is 0 Å². The molecule has 204 valence electrons. The van der Waals surface area contributed by atoms with Crippen LogP contribution in [0.25, 0.3) is 0 Å². The number of aromatic nitrogens is 1. The lowest BCUT2D eigenvalue weighted by Crippen LogP contribution is -2.48. The third kappa shape index (κ3) is 8.11. The van der Waals surface area contributed by atoms with Gasteiger partial charge in [0, 0.05) is 36.6 Å². The first kappa shape index (κ1) is 28.8. The maximum absolute atomic E-state index is 13.3. The van der Waals surface area contributed by atoms with Crippen LogP contribution in [0.5, 0.6) is 0 Å². The smallest absolute Gasteiger partial charge is 0.412 e. The number of nitrogens with zero attached hydrogens (tertiary/aromatic N) is 3. The number of pyridine rings is 1. The van der Waals surface area contributed by atoms with Crippen LogP contribution in [-0.4, -0.2) is 46.9 Å². The molecule has 1 aromatic rings. The average Bonchev–Trinajstić information content (AvgIpc) is 3.66. The number of hydrogen-bond acceptors (Lipinski definition) is 4. The van der Waals surface area contributed by atoms with E-state index < -0.39 is 17.4 Å². The van der Waals surface area contributed by atoms with Crippen molar-refractivity contribution in [1.82, 2.24) is 9.88 Å². The molecule has 1 aromatic heterocycles. The molecule has 1 amide bonds. The summed E-state index contributed by atoms with van der Waals surface area (Å²) in [5.41, 5.74) is 2.65. The van der Waals surface area contributed by atoms with Crippen LogP contribution in [0.1, 0.15) is 85.1 Å². The number of likely N-dealkylation sites (tertiary alicyclic amines) is 1. The Morgan fingerprint density at radius 3 is 2.32 bits per heavy atom. The van der Waals surface area contributed by atoms with E-state index in [9.17, 15) is 18.0 Å². The second-order valence-corrected chi connectivity index (χ2v) is 11.1. The summed E-state index contributed by atoms with van der Waals surface area (Å²) < 4.78 is 45.6. The molecular weight excluding hydrogens is 479 g/mol. The molecule has 0 spiro atoms. The van der Waals surface area contributed by atoms with E-state index in [0.29, 0.717) is 37.5 Å². The molecular formula is C29H40F3N3O2. The van der Waals surface area contributed by atoms with Gasteiger partial charge in [-0.1, -0.05) is 18.6 Å². The normalized spacial score (nSPS) is 18.7. The number of hydrogen-bond donors (Lipinski definition) is 0. The number of ether oxygens (including phenoxy) is 1. The highest BCUT2D eigenvalue weighted by atomic mass is 19.4. The third-order valence-corrected chi connectivity index (χ3v) is 6.77. The molecule has 2 aliphatic rings. The molecule has 0 radical (unpaired) electrons. The van der Waals surface area contributed by atoms with Gasteiger partial charge in [0.2, 0.25) is 0 Å². The Labute approximate surface area is 219 Å². The van der Waals surface area contributed by atoms with E-state index in [1.54, 1.807) is 17.2 Å². The lowest BCUT2D eigenvalue weighted by atomic mass is 9.98. The second-order valence-electron chi connectivity index (χ2n) is 11.1. The minimum Gasteiger partial charge on any atom is -0.444 e. The molecule has 2 heterocycles. The van der Waals surface area contributed by atoms with Crippen LogP contribution in [-0.2, 0) is 4.74 Å². The monoisotopic (exact) mass is 519 g/mol. The molecule has 0 N–H and O–H groups in total. The van der Waals surface area contributed by atoms with Crippen molar-refractivity contribution >= 4 is 11.8 Å². The van der Waals surface area contributed by atoms with E-state index in [1.807, 2.05) is 53.0 Å². The number of allylic oxidation sites excluding steroid dienone is 5. The average molecular weight is 520 g/mol. The second kappa shape index (κ2) is 11.7. The predicted molar refractivity (Wildman–Crippen MR) is 141 cm³/mol. The minimum absolute atomic E-state index is 0.00728. The van der Waals surface area contributed by atoms with E-state index in [1.165, 1.54) is 5.56 Å². The zero-order chi connectivity index (χ0) is 27.4. The van der Waals surface area contributed by atoms with Crippen molar-refractivity contribution in [3.8, 4) is 0 Å². The van der Waals surface area contributed by atoms with E-state index in [2.05, 4.69) is 9.88 Å². The Balaban J connectivity index is 2.01. The number of halogens is 3. The summed E-state index contributed by atoms with van der Waals surface area (Å²) in [4.78, 5) is 20.9. The Hall–Kier alpha value is -2.77. The lowest BCUT2D eigenvalue weighted by Gasteiger charge is -2.41. The third-order valence-electron chi connectivity index (χ3n) is 6.77. The van der Waals surface area contributed by atoms with Crippen molar-refractivity contribution in [2.24, 2.45) is 0 Å². The van der Waals surface area contributed by atoms with Gasteiger partial charge in [-0.25, -0.2) is 4.79 Å². The highest BCUT2D eigenvalue weighted by molar-refractivity contribution is 5.68. The fourth-order valence-electron chi connectivity index (χ4n) is 4.37. The molecule has 37 heavy (non-hydrogen) atoms. The van der Waals surface area contributed by atoms with Gasteiger partial charge in [-0.05, 0) is 96.4 Å². The fraction of sp³-hybridized carbons (Fsp3) is 0.586. The zero-order valence-electron chi connectivity index (χ0n) is 22.9. The molecule has 3 rings (SSSR count). The van der Waals surface area contributed by atoms with Gasteiger partial charge in [-0.3, -0.25) is 4.98 Å². The maximum atomic E-state index is 13.3. The minimum atomic E-state index is -4.39. The first-order valence-corrected chi connectivity index (χ1v) is 13.1. The van der Waals surface area contributed by atoms with Crippen LogP contribution in [0.3, 0.4) is 0 Å². The first-order chi connectivity index (χ1) is 17.3. The molecule has 1 aliphatic carbocycles. The van der Waals surface area contributed by atoms with Crippen molar-refractivity contribution in [3.05, 3.63) is 59.1 Å². The molecule has 1 saturated carbocycles. The fourth-order valence-corrected chi connectivity index (χ4v) is 4.37. The summed E-state index contributed by atoms with van der Waals surface area (Å²) in [6, 6.07) is 2.02. The van der Waals surface area contributed by atoms with Crippen LogP contribution in [0, 0.1) is 0 Å². The topological polar surface area (TPSA) is 45.7 Å². The van der Waals surface area contributed by atoms with Crippen LogP contribution in [0.2, 0.25) is 0 Å². The molecule has 0 atom stereocenters. The van der Waals surface area contributed by atoms with Crippen molar-refractivity contribution in [2.75, 3.05) is 18.0 Å². The summed E-state index contributed by atoms with van der Waals surface area (Å²) in [6.07, 6.45) is 7.90. The Bertz CT molecular complexity index is 1040. The van der Waals surface area contributed by atoms with Gasteiger partial charge in [0.25, 0.3) is 0 Å². The van der Waals surface area contributed by atoms with Gasteiger partial charge in [-0.2, -0.15) is 13.2 Å². The maximum Gasteiger partial charge on any atom is 0.412 e. The lowest BCUT2D eigenvalue weighted by molar-refractivity contribution is -0.0913. The molecule has 1 aliphatic heterocycles. The molecule has 2 fully saturated rings. The highest BCUT2D eigenvalue weighted by Gasteiger charge is 2.35. The number of amides is 1. The molecule has 5 nitrogen and oxygen atoms in total. The van der Waals surface area contributed by atoms with Gasteiger partial charge in [0.15, 0.2) is 0 Å². The van der Waals surface area contributed by atoms with Crippen LogP contribution >= 0.6 is 0 Å². The highest BCUT2D eigenvalue weighted by Crippen LogP contribution is 2.45. The van der Waals surface area contributed by atoms with Crippen molar-refractivity contribution < 1.29 is 22.7 Å². The van der Waals surface area contributed by atoms with E-state index in [-0.39, 0.29) is 12.1 Å². The van der Waals surface area contributed by atoms with Crippen LogP contribution in [0.4, 0.5) is 23.7 Å². The standard InChI is InChI=1S/C29H40F3N3O2/c1-7-20(2)18-24(11-8-21(3)29(30,31)32)35(26-19-33-15-12-25(26)22-9-10-22)23-13-16-34(17-14-23)27(36)37-28(4,5)6/h8,11-12,15,18-19,22-23H,7,9-10,13-14,16-17H2,1-6H3/b20-18+,21-8+,24-11+. The summed E-state index contributed by atoms with van der Waals surface area (Å²) in [6.45, 7) is 11.7. The molecule has 0 bridgehead atoms.